The number of amides is 1. The lowest BCUT2D eigenvalue weighted by Gasteiger charge is -2.09. The number of carbonyl (C=O) groups excluding carboxylic acids is 1. The van der Waals surface area contributed by atoms with Crippen LogP contribution in [0.4, 0.5) is 0 Å². The third kappa shape index (κ3) is 4.36. The van der Waals surface area contributed by atoms with E-state index in [1.165, 1.54) is 0 Å². The van der Waals surface area contributed by atoms with Gasteiger partial charge in [0.15, 0.2) is 11.5 Å². The highest BCUT2D eigenvalue weighted by Crippen LogP contribution is 2.32. The van der Waals surface area contributed by atoms with Crippen LogP contribution < -0.4 is 19.5 Å². The van der Waals surface area contributed by atoms with Crippen LogP contribution >= 0.6 is 11.6 Å². The fourth-order valence-corrected chi connectivity index (χ4v) is 3.70. The van der Waals surface area contributed by atoms with Gasteiger partial charge in [-0.25, -0.2) is 4.68 Å². The Hall–Kier alpha value is -3.97. The summed E-state index contributed by atoms with van der Waals surface area (Å²) in [6, 6.07) is 22.1. The van der Waals surface area contributed by atoms with Crippen LogP contribution in [0.15, 0.2) is 72.8 Å². The highest BCUT2D eigenvalue weighted by Gasteiger charge is 2.19. The fraction of sp³-hybridized carbons (Fsp3) is 0.120. The zero-order valence-electron chi connectivity index (χ0n) is 17.7. The van der Waals surface area contributed by atoms with Crippen molar-refractivity contribution in [2.45, 2.75) is 6.54 Å². The molecule has 0 saturated heterocycles. The SMILES string of the molecule is COc1cccc(-c2cc(C(=O)NCc3ccc4c(c3)OCO4)n(-c3ccc(Cl)cc3)n2)c1. The van der Waals surface area contributed by atoms with Gasteiger partial charge in [-0.05, 0) is 60.2 Å². The van der Waals surface area contributed by atoms with Gasteiger partial charge in [0, 0.05) is 17.1 Å². The molecule has 0 saturated carbocycles. The first-order chi connectivity index (χ1) is 16.1. The molecular weight excluding hydrogens is 442 g/mol. The molecule has 1 aliphatic rings. The summed E-state index contributed by atoms with van der Waals surface area (Å²) in [7, 11) is 1.61. The van der Waals surface area contributed by atoms with Crippen molar-refractivity contribution in [3.63, 3.8) is 0 Å². The van der Waals surface area contributed by atoms with Crippen molar-refractivity contribution in [2.24, 2.45) is 0 Å². The van der Waals surface area contributed by atoms with Gasteiger partial charge in [-0.2, -0.15) is 5.10 Å². The maximum absolute atomic E-state index is 13.2. The smallest absolute Gasteiger partial charge is 0.270 e. The number of aromatic nitrogens is 2. The van der Waals surface area contributed by atoms with Crippen LogP contribution in [-0.4, -0.2) is 29.6 Å². The Kier molecular flexibility index (Phi) is 5.62. The topological polar surface area (TPSA) is 74.6 Å². The van der Waals surface area contributed by atoms with E-state index in [1.807, 2.05) is 54.6 Å². The molecular formula is C25H20ClN3O4. The lowest BCUT2D eigenvalue weighted by Crippen LogP contribution is -2.25. The standard InChI is InChI=1S/C25H20ClN3O4/c1-31-20-4-2-3-17(12-20)21-13-22(29(28-21)19-8-6-18(26)7-9-19)25(30)27-14-16-5-10-23-24(11-16)33-15-32-23/h2-13H,14-15H2,1H3,(H,27,30). The lowest BCUT2D eigenvalue weighted by molar-refractivity contribution is 0.0943. The summed E-state index contributed by atoms with van der Waals surface area (Å²) in [5.41, 5.74) is 3.51. The van der Waals surface area contributed by atoms with Crippen LogP contribution in [0.25, 0.3) is 16.9 Å². The molecule has 1 N–H and O–H groups in total. The Morgan fingerprint density at radius 2 is 1.88 bits per heavy atom. The second-order valence-corrected chi connectivity index (χ2v) is 7.84. The normalized spacial score (nSPS) is 11.9. The second-order valence-electron chi connectivity index (χ2n) is 7.41. The molecule has 1 aliphatic heterocycles. The van der Waals surface area contributed by atoms with E-state index < -0.39 is 0 Å². The Balaban J connectivity index is 1.45. The van der Waals surface area contributed by atoms with E-state index in [4.69, 9.17) is 30.9 Å². The van der Waals surface area contributed by atoms with Gasteiger partial charge in [-0.3, -0.25) is 4.79 Å². The van der Waals surface area contributed by atoms with Crippen LogP contribution in [0.5, 0.6) is 17.2 Å². The van der Waals surface area contributed by atoms with E-state index in [9.17, 15) is 4.79 Å². The average Bonchev–Trinajstić information content (AvgIpc) is 3.50. The number of carbonyl (C=O) groups is 1. The van der Waals surface area contributed by atoms with Crippen molar-refractivity contribution in [1.82, 2.24) is 15.1 Å². The number of methoxy groups -OCH3 is 1. The molecule has 8 heteroatoms. The summed E-state index contributed by atoms with van der Waals surface area (Å²) in [4.78, 5) is 13.2. The molecule has 7 nitrogen and oxygen atoms in total. The van der Waals surface area contributed by atoms with E-state index in [0.717, 1.165) is 16.8 Å². The van der Waals surface area contributed by atoms with E-state index in [0.29, 0.717) is 40.2 Å². The first-order valence-electron chi connectivity index (χ1n) is 10.3. The minimum atomic E-state index is -0.260. The lowest BCUT2D eigenvalue weighted by atomic mass is 10.1. The first-order valence-corrected chi connectivity index (χ1v) is 10.7. The predicted octanol–water partition coefficient (Wildman–Crippen LogP) is 4.86. The van der Waals surface area contributed by atoms with Gasteiger partial charge in [0.1, 0.15) is 11.4 Å². The largest absolute Gasteiger partial charge is 0.497 e. The van der Waals surface area contributed by atoms with E-state index >= 15 is 0 Å². The number of hydrogen-bond acceptors (Lipinski definition) is 5. The number of fused-ring (bicyclic) bond motifs is 1. The summed E-state index contributed by atoms with van der Waals surface area (Å²) in [6.45, 7) is 0.536. The summed E-state index contributed by atoms with van der Waals surface area (Å²) < 4.78 is 17.7. The van der Waals surface area contributed by atoms with Gasteiger partial charge in [0.2, 0.25) is 6.79 Å². The first kappa shape index (κ1) is 20.9. The van der Waals surface area contributed by atoms with Gasteiger partial charge in [0.25, 0.3) is 5.91 Å². The highest BCUT2D eigenvalue weighted by molar-refractivity contribution is 6.30. The van der Waals surface area contributed by atoms with Crippen LogP contribution in [-0.2, 0) is 6.54 Å². The number of hydrogen-bond donors (Lipinski definition) is 1. The van der Waals surface area contributed by atoms with Gasteiger partial charge in [-0.15, -0.1) is 0 Å². The van der Waals surface area contributed by atoms with Crippen LogP contribution in [0, 0.1) is 0 Å². The number of ether oxygens (including phenoxy) is 3. The minimum Gasteiger partial charge on any atom is -0.497 e. The Bertz CT molecular complexity index is 1320. The van der Waals surface area contributed by atoms with E-state index in [2.05, 4.69) is 5.32 Å². The molecule has 0 unspecified atom stereocenters. The molecule has 5 rings (SSSR count). The molecule has 3 aromatic carbocycles. The van der Waals surface area contributed by atoms with Gasteiger partial charge < -0.3 is 19.5 Å². The molecule has 4 aromatic rings. The summed E-state index contributed by atoms with van der Waals surface area (Å²) in [6.07, 6.45) is 0. The van der Waals surface area contributed by atoms with Gasteiger partial charge in [0.05, 0.1) is 18.5 Å². The molecule has 0 fully saturated rings. The molecule has 0 bridgehead atoms. The third-order valence-corrected chi connectivity index (χ3v) is 5.52. The molecule has 0 atom stereocenters. The molecule has 0 spiro atoms. The zero-order chi connectivity index (χ0) is 22.8. The number of nitrogens with zero attached hydrogens (tertiary/aromatic N) is 2. The van der Waals surface area contributed by atoms with Crippen molar-refractivity contribution in [2.75, 3.05) is 13.9 Å². The Morgan fingerprint density at radius 3 is 2.70 bits per heavy atom. The van der Waals surface area contributed by atoms with Crippen LogP contribution in [0.1, 0.15) is 16.1 Å². The van der Waals surface area contributed by atoms with Crippen LogP contribution in [0.2, 0.25) is 5.02 Å². The van der Waals surface area contributed by atoms with Crippen LogP contribution in [0.3, 0.4) is 0 Å². The highest BCUT2D eigenvalue weighted by atomic mass is 35.5. The molecule has 1 amide bonds. The third-order valence-electron chi connectivity index (χ3n) is 5.27. The monoisotopic (exact) mass is 461 g/mol. The maximum Gasteiger partial charge on any atom is 0.270 e. The van der Waals surface area contributed by atoms with Crippen molar-refractivity contribution in [3.05, 3.63) is 89.1 Å². The second kappa shape index (κ2) is 8.88. The van der Waals surface area contributed by atoms with Crippen molar-refractivity contribution in [1.29, 1.82) is 0 Å². The van der Waals surface area contributed by atoms with Crippen molar-refractivity contribution >= 4 is 17.5 Å². The average molecular weight is 462 g/mol. The summed E-state index contributed by atoms with van der Waals surface area (Å²) >= 11 is 6.05. The van der Waals surface area contributed by atoms with Crippen molar-refractivity contribution in [3.8, 4) is 34.2 Å². The van der Waals surface area contributed by atoms with E-state index in [-0.39, 0.29) is 12.7 Å². The zero-order valence-corrected chi connectivity index (χ0v) is 18.5. The molecule has 33 heavy (non-hydrogen) atoms. The number of nitrogens with one attached hydrogen (secondary N) is 1. The predicted molar refractivity (Wildman–Crippen MR) is 124 cm³/mol. The maximum atomic E-state index is 13.2. The molecule has 0 aliphatic carbocycles. The molecule has 2 heterocycles. The van der Waals surface area contributed by atoms with E-state index in [1.54, 1.807) is 30.0 Å². The van der Waals surface area contributed by atoms with Crippen molar-refractivity contribution < 1.29 is 19.0 Å². The summed E-state index contributed by atoms with van der Waals surface area (Å²) in [5, 5.41) is 8.27. The Labute approximate surface area is 195 Å². The Morgan fingerprint density at radius 1 is 1.06 bits per heavy atom. The number of halogens is 1. The quantitative estimate of drug-likeness (QED) is 0.444. The molecule has 0 radical (unpaired) electrons. The molecule has 1 aromatic heterocycles. The number of benzene rings is 3. The fourth-order valence-electron chi connectivity index (χ4n) is 3.57. The van der Waals surface area contributed by atoms with Gasteiger partial charge >= 0.3 is 0 Å². The minimum absolute atomic E-state index is 0.207. The number of rotatable bonds is 6. The summed E-state index contributed by atoms with van der Waals surface area (Å²) in [5.74, 6) is 1.83. The van der Waals surface area contributed by atoms with Gasteiger partial charge in [-0.1, -0.05) is 29.8 Å². The molecule has 166 valence electrons.